The zero-order valence-corrected chi connectivity index (χ0v) is 9.68. The maximum atomic E-state index is 10.9. The van der Waals surface area contributed by atoms with Crippen LogP contribution in [0.4, 0.5) is 0 Å². The molecule has 0 aromatic rings. The molecule has 1 atom stereocenters. The van der Waals surface area contributed by atoms with Crippen LogP contribution < -0.4 is 0 Å². The quantitative estimate of drug-likeness (QED) is 0.722. The summed E-state index contributed by atoms with van der Waals surface area (Å²) in [7, 11) is -2.88. The first-order chi connectivity index (χ1) is 6.29. The van der Waals surface area contributed by atoms with Crippen LogP contribution in [0.15, 0.2) is 0 Å². The molecule has 84 valence electrons. The van der Waals surface area contributed by atoms with Gasteiger partial charge in [-0.25, -0.2) is 8.42 Å². The summed E-state index contributed by atoms with van der Waals surface area (Å²) in [6.07, 6.45) is 2.99. The van der Waals surface area contributed by atoms with Gasteiger partial charge in [0.2, 0.25) is 0 Å². The SMILES string of the molecule is CC1(O)CCCN(CCS(C)(=O)=O)C1. The van der Waals surface area contributed by atoms with Crippen molar-refractivity contribution in [1.82, 2.24) is 4.90 Å². The smallest absolute Gasteiger partial charge is 0.148 e. The van der Waals surface area contributed by atoms with E-state index in [2.05, 4.69) is 0 Å². The minimum atomic E-state index is -2.88. The Morgan fingerprint density at radius 2 is 2.14 bits per heavy atom. The summed E-state index contributed by atoms with van der Waals surface area (Å²) >= 11 is 0. The third-order valence-corrected chi connectivity index (χ3v) is 3.46. The van der Waals surface area contributed by atoms with Gasteiger partial charge in [0.05, 0.1) is 11.4 Å². The molecule has 0 radical (unpaired) electrons. The second-order valence-electron chi connectivity index (χ2n) is 4.51. The highest BCUT2D eigenvalue weighted by atomic mass is 32.2. The van der Waals surface area contributed by atoms with Crippen molar-refractivity contribution in [1.29, 1.82) is 0 Å². The monoisotopic (exact) mass is 221 g/mol. The van der Waals surface area contributed by atoms with Crippen molar-refractivity contribution in [3.05, 3.63) is 0 Å². The van der Waals surface area contributed by atoms with Crippen LogP contribution in [0.3, 0.4) is 0 Å². The molecule has 0 amide bonds. The lowest BCUT2D eigenvalue weighted by Gasteiger charge is -2.36. The zero-order valence-electron chi connectivity index (χ0n) is 8.86. The Kier molecular flexibility index (Phi) is 3.55. The fourth-order valence-corrected chi connectivity index (χ4v) is 2.40. The molecular weight excluding hydrogens is 202 g/mol. The first kappa shape index (κ1) is 11.9. The van der Waals surface area contributed by atoms with Crippen molar-refractivity contribution in [2.24, 2.45) is 0 Å². The molecule has 14 heavy (non-hydrogen) atoms. The van der Waals surface area contributed by atoms with Gasteiger partial charge < -0.3 is 5.11 Å². The predicted molar refractivity (Wildman–Crippen MR) is 56.0 cm³/mol. The Morgan fingerprint density at radius 1 is 1.50 bits per heavy atom. The van der Waals surface area contributed by atoms with Gasteiger partial charge in [0.1, 0.15) is 9.84 Å². The lowest BCUT2D eigenvalue weighted by atomic mass is 9.95. The Bertz CT molecular complexity index is 284. The highest BCUT2D eigenvalue weighted by molar-refractivity contribution is 7.90. The van der Waals surface area contributed by atoms with Crippen molar-refractivity contribution >= 4 is 9.84 Å². The summed E-state index contributed by atoms with van der Waals surface area (Å²) in [4.78, 5) is 2.02. The summed E-state index contributed by atoms with van der Waals surface area (Å²) in [5.41, 5.74) is -0.643. The van der Waals surface area contributed by atoms with E-state index in [1.807, 2.05) is 4.90 Å². The summed E-state index contributed by atoms with van der Waals surface area (Å²) in [6, 6.07) is 0. The molecule has 1 fully saturated rings. The number of rotatable bonds is 3. The van der Waals surface area contributed by atoms with Crippen LogP contribution in [0.25, 0.3) is 0 Å². The van der Waals surface area contributed by atoms with Crippen LogP contribution in [0.1, 0.15) is 19.8 Å². The van der Waals surface area contributed by atoms with Crippen molar-refractivity contribution < 1.29 is 13.5 Å². The van der Waals surface area contributed by atoms with Crippen LogP contribution in [0.5, 0.6) is 0 Å². The number of likely N-dealkylation sites (tertiary alicyclic amines) is 1. The number of aliphatic hydroxyl groups is 1. The largest absolute Gasteiger partial charge is 0.389 e. The van der Waals surface area contributed by atoms with Crippen LogP contribution in [-0.2, 0) is 9.84 Å². The second-order valence-corrected chi connectivity index (χ2v) is 6.77. The molecule has 0 aliphatic carbocycles. The summed E-state index contributed by atoms with van der Waals surface area (Å²) < 4.78 is 21.9. The molecule has 1 unspecified atom stereocenters. The van der Waals surface area contributed by atoms with Gasteiger partial charge in [-0.15, -0.1) is 0 Å². The average molecular weight is 221 g/mol. The van der Waals surface area contributed by atoms with E-state index in [9.17, 15) is 13.5 Å². The van der Waals surface area contributed by atoms with E-state index in [1.54, 1.807) is 6.92 Å². The molecule has 1 aliphatic rings. The topological polar surface area (TPSA) is 57.6 Å². The Balaban J connectivity index is 2.39. The second kappa shape index (κ2) is 4.16. The maximum Gasteiger partial charge on any atom is 0.148 e. The van der Waals surface area contributed by atoms with E-state index in [1.165, 1.54) is 6.26 Å². The normalized spacial score (nSPS) is 30.5. The number of nitrogens with zero attached hydrogens (tertiary/aromatic N) is 1. The summed E-state index contributed by atoms with van der Waals surface area (Å²) in [5.74, 6) is 0.184. The number of hydrogen-bond donors (Lipinski definition) is 1. The first-order valence-electron chi connectivity index (χ1n) is 4.91. The average Bonchev–Trinajstić information content (AvgIpc) is 1.98. The van der Waals surface area contributed by atoms with E-state index in [0.717, 1.165) is 19.4 Å². The van der Waals surface area contributed by atoms with E-state index < -0.39 is 15.4 Å². The third-order valence-electron chi connectivity index (χ3n) is 2.53. The van der Waals surface area contributed by atoms with Gasteiger partial charge in [-0.3, -0.25) is 4.90 Å². The van der Waals surface area contributed by atoms with Gasteiger partial charge in [-0.1, -0.05) is 0 Å². The van der Waals surface area contributed by atoms with Crippen LogP contribution >= 0.6 is 0 Å². The molecule has 1 N–H and O–H groups in total. The van der Waals surface area contributed by atoms with E-state index in [-0.39, 0.29) is 5.75 Å². The minimum Gasteiger partial charge on any atom is -0.389 e. The van der Waals surface area contributed by atoms with E-state index in [0.29, 0.717) is 13.1 Å². The molecule has 0 bridgehead atoms. The lowest BCUT2D eigenvalue weighted by molar-refractivity contribution is -0.0134. The number of β-amino-alcohol motifs (C(OH)–C–C–N with tert-alkyl or cyclic N) is 1. The molecule has 1 aliphatic heterocycles. The van der Waals surface area contributed by atoms with Gasteiger partial charge in [0.15, 0.2) is 0 Å². The zero-order chi connectivity index (χ0) is 10.8. The number of piperidine rings is 1. The van der Waals surface area contributed by atoms with Gasteiger partial charge in [0, 0.05) is 19.3 Å². The Hall–Kier alpha value is -0.130. The van der Waals surface area contributed by atoms with Crippen LogP contribution in [0.2, 0.25) is 0 Å². The number of sulfone groups is 1. The molecule has 1 heterocycles. The van der Waals surface area contributed by atoms with Crippen molar-refractivity contribution in [2.45, 2.75) is 25.4 Å². The molecule has 1 saturated heterocycles. The fraction of sp³-hybridized carbons (Fsp3) is 1.00. The predicted octanol–water partition coefficient (Wildman–Crippen LogP) is -0.122. The Morgan fingerprint density at radius 3 is 2.64 bits per heavy atom. The summed E-state index contributed by atoms with van der Waals surface area (Å²) in [6.45, 7) is 3.82. The Labute approximate surface area is 85.8 Å². The first-order valence-corrected chi connectivity index (χ1v) is 6.97. The highest BCUT2D eigenvalue weighted by Crippen LogP contribution is 2.19. The molecule has 0 spiro atoms. The van der Waals surface area contributed by atoms with E-state index >= 15 is 0 Å². The fourth-order valence-electron chi connectivity index (χ4n) is 1.81. The molecule has 0 aromatic carbocycles. The van der Waals surface area contributed by atoms with Gasteiger partial charge in [-0.05, 0) is 26.3 Å². The molecule has 5 heteroatoms. The van der Waals surface area contributed by atoms with Crippen molar-refractivity contribution in [3.63, 3.8) is 0 Å². The van der Waals surface area contributed by atoms with Crippen molar-refractivity contribution in [2.75, 3.05) is 31.6 Å². The van der Waals surface area contributed by atoms with Gasteiger partial charge in [-0.2, -0.15) is 0 Å². The molecule has 0 aromatic heterocycles. The third kappa shape index (κ3) is 4.39. The van der Waals surface area contributed by atoms with Crippen LogP contribution in [0, 0.1) is 0 Å². The van der Waals surface area contributed by atoms with Gasteiger partial charge >= 0.3 is 0 Å². The maximum absolute atomic E-state index is 10.9. The number of hydrogen-bond acceptors (Lipinski definition) is 4. The van der Waals surface area contributed by atoms with Gasteiger partial charge in [0.25, 0.3) is 0 Å². The highest BCUT2D eigenvalue weighted by Gasteiger charge is 2.28. The summed E-state index contributed by atoms with van der Waals surface area (Å²) in [5, 5.41) is 9.78. The molecule has 4 nitrogen and oxygen atoms in total. The molecular formula is C9H19NO3S. The molecule has 1 rings (SSSR count). The minimum absolute atomic E-state index is 0.184. The molecule has 0 saturated carbocycles. The van der Waals surface area contributed by atoms with Crippen LogP contribution in [-0.4, -0.2) is 55.7 Å². The van der Waals surface area contributed by atoms with Crippen molar-refractivity contribution in [3.8, 4) is 0 Å². The lowest BCUT2D eigenvalue weighted by Crippen LogP contribution is -2.47. The van der Waals surface area contributed by atoms with E-state index in [4.69, 9.17) is 0 Å². The standard InChI is InChI=1S/C9H19NO3S/c1-9(11)4-3-5-10(8-9)6-7-14(2,12)13/h11H,3-8H2,1-2H3.